The summed E-state index contributed by atoms with van der Waals surface area (Å²) in [5, 5.41) is 3.06. The molecule has 0 atom stereocenters. The van der Waals surface area contributed by atoms with E-state index in [1.807, 2.05) is 26.0 Å². The number of fused-ring (bicyclic) bond motifs is 1. The molecule has 3 rings (SSSR count). The number of benzene rings is 2. The van der Waals surface area contributed by atoms with E-state index in [4.69, 9.17) is 0 Å². The van der Waals surface area contributed by atoms with Crippen molar-refractivity contribution in [1.82, 2.24) is 4.98 Å². The molecule has 0 spiro atoms. The van der Waals surface area contributed by atoms with Gasteiger partial charge in [0.2, 0.25) is 0 Å². The van der Waals surface area contributed by atoms with Gasteiger partial charge in [0.15, 0.2) is 16.8 Å². The van der Waals surface area contributed by atoms with Gasteiger partial charge in [0.25, 0.3) is 5.91 Å². The zero-order valence-electron chi connectivity index (χ0n) is 11.9. The first kappa shape index (κ1) is 14.6. The van der Waals surface area contributed by atoms with Crippen molar-refractivity contribution in [3.05, 3.63) is 58.7 Å². The van der Waals surface area contributed by atoms with Crippen molar-refractivity contribution in [2.75, 3.05) is 5.32 Å². The third-order valence-corrected chi connectivity index (χ3v) is 4.45. The quantitative estimate of drug-likeness (QED) is 0.759. The van der Waals surface area contributed by atoms with Crippen LogP contribution in [0.2, 0.25) is 0 Å². The van der Waals surface area contributed by atoms with Crippen molar-refractivity contribution in [2.45, 2.75) is 13.8 Å². The molecular weight excluding hydrogens is 306 g/mol. The molecule has 3 aromatic rings. The van der Waals surface area contributed by atoms with Gasteiger partial charge in [-0.1, -0.05) is 23.5 Å². The lowest BCUT2D eigenvalue weighted by Crippen LogP contribution is -2.12. The average molecular weight is 318 g/mol. The summed E-state index contributed by atoms with van der Waals surface area (Å²) in [6.45, 7) is 3.92. The molecule has 3 nitrogen and oxygen atoms in total. The molecule has 0 saturated heterocycles. The Balaban J connectivity index is 1.92. The number of nitrogens with zero attached hydrogens (tertiary/aromatic N) is 1. The smallest absolute Gasteiger partial charge is 0.257 e. The first-order chi connectivity index (χ1) is 10.5. The highest BCUT2D eigenvalue weighted by Gasteiger charge is 2.14. The van der Waals surface area contributed by atoms with Crippen molar-refractivity contribution in [2.24, 2.45) is 0 Å². The molecule has 0 aliphatic heterocycles. The lowest BCUT2D eigenvalue weighted by atomic mass is 10.1. The second kappa shape index (κ2) is 5.46. The molecule has 1 heterocycles. The fourth-order valence-electron chi connectivity index (χ4n) is 2.12. The Hall–Kier alpha value is -2.34. The second-order valence-electron chi connectivity index (χ2n) is 4.98. The second-order valence-corrected chi connectivity index (χ2v) is 5.98. The minimum absolute atomic E-state index is 0.0478. The van der Waals surface area contributed by atoms with E-state index in [0.29, 0.717) is 5.13 Å². The molecule has 1 N–H and O–H groups in total. The number of thiazole rings is 1. The van der Waals surface area contributed by atoms with E-state index in [9.17, 15) is 13.6 Å². The third-order valence-electron chi connectivity index (χ3n) is 3.34. The number of hydrogen-bond donors (Lipinski definition) is 1. The predicted octanol–water partition coefficient (Wildman–Crippen LogP) is 4.44. The highest BCUT2D eigenvalue weighted by Crippen LogP contribution is 2.31. The van der Waals surface area contributed by atoms with Gasteiger partial charge >= 0.3 is 0 Å². The van der Waals surface area contributed by atoms with Crippen LogP contribution in [0.25, 0.3) is 10.2 Å². The van der Waals surface area contributed by atoms with E-state index in [1.165, 1.54) is 17.4 Å². The number of carbonyl (C=O) groups excluding carboxylic acids is 1. The maximum Gasteiger partial charge on any atom is 0.257 e. The Labute approximate surface area is 129 Å². The van der Waals surface area contributed by atoms with Gasteiger partial charge in [-0.05, 0) is 43.2 Å². The zero-order chi connectivity index (χ0) is 15.9. The molecule has 2 aromatic carbocycles. The number of halogens is 2. The van der Waals surface area contributed by atoms with Gasteiger partial charge in [0.05, 0.1) is 10.2 Å². The lowest BCUT2D eigenvalue weighted by Gasteiger charge is -2.01. The SMILES string of the molecule is Cc1ccc(C)c2sc(NC(=O)c3ccc(F)c(F)c3)nc12. The Kier molecular flexibility index (Phi) is 3.62. The number of rotatable bonds is 2. The maximum atomic E-state index is 13.2. The summed E-state index contributed by atoms with van der Waals surface area (Å²) in [4.78, 5) is 16.5. The minimum atomic E-state index is -1.05. The van der Waals surface area contributed by atoms with Gasteiger partial charge in [-0.3, -0.25) is 10.1 Å². The fraction of sp³-hybridized carbons (Fsp3) is 0.125. The topological polar surface area (TPSA) is 42.0 Å². The predicted molar refractivity (Wildman–Crippen MR) is 83.4 cm³/mol. The summed E-state index contributed by atoms with van der Waals surface area (Å²) in [5.74, 6) is -2.56. The molecule has 22 heavy (non-hydrogen) atoms. The molecule has 0 saturated carbocycles. The molecule has 0 bridgehead atoms. The van der Waals surface area contributed by atoms with Crippen LogP contribution in [0.1, 0.15) is 21.5 Å². The first-order valence-electron chi connectivity index (χ1n) is 6.59. The largest absolute Gasteiger partial charge is 0.298 e. The van der Waals surface area contributed by atoms with Crippen LogP contribution in [-0.2, 0) is 0 Å². The Morgan fingerprint density at radius 3 is 2.50 bits per heavy atom. The van der Waals surface area contributed by atoms with Crippen molar-refractivity contribution in [3.63, 3.8) is 0 Å². The Morgan fingerprint density at radius 2 is 1.82 bits per heavy atom. The lowest BCUT2D eigenvalue weighted by molar-refractivity contribution is 0.102. The molecule has 0 radical (unpaired) electrons. The van der Waals surface area contributed by atoms with Crippen molar-refractivity contribution in [1.29, 1.82) is 0 Å². The number of aryl methyl sites for hydroxylation is 2. The summed E-state index contributed by atoms with van der Waals surface area (Å²) >= 11 is 1.36. The number of carbonyl (C=O) groups is 1. The number of nitrogens with one attached hydrogen (secondary N) is 1. The van der Waals surface area contributed by atoms with Crippen LogP contribution in [-0.4, -0.2) is 10.9 Å². The molecule has 0 unspecified atom stereocenters. The van der Waals surface area contributed by atoms with Gasteiger partial charge in [-0.2, -0.15) is 0 Å². The normalized spacial score (nSPS) is 10.9. The fourth-order valence-corrected chi connectivity index (χ4v) is 3.13. The van der Waals surface area contributed by atoms with E-state index >= 15 is 0 Å². The van der Waals surface area contributed by atoms with Crippen LogP contribution < -0.4 is 5.32 Å². The third kappa shape index (κ3) is 2.57. The maximum absolute atomic E-state index is 13.2. The summed E-state index contributed by atoms with van der Waals surface area (Å²) < 4.78 is 27.1. The molecule has 0 fully saturated rings. The number of anilines is 1. The van der Waals surface area contributed by atoms with E-state index in [-0.39, 0.29) is 5.56 Å². The molecule has 0 aliphatic carbocycles. The molecule has 1 aromatic heterocycles. The van der Waals surface area contributed by atoms with E-state index < -0.39 is 17.5 Å². The van der Waals surface area contributed by atoms with Crippen LogP contribution in [0.5, 0.6) is 0 Å². The van der Waals surface area contributed by atoms with Gasteiger partial charge in [-0.15, -0.1) is 0 Å². The van der Waals surface area contributed by atoms with Crippen LogP contribution >= 0.6 is 11.3 Å². The Bertz CT molecular complexity index is 850. The van der Waals surface area contributed by atoms with E-state index in [0.717, 1.165) is 33.5 Å². The van der Waals surface area contributed by atoms with Crippen molar-refractivity contribution >= 4 is 32.6 Å². The Morgan fingerprint density at radius 1 is 1.09 bits per heavy atom. The molecular formula is C16H12F2N2OS. The van der Waals surface area contributed by atoms with Crippen molar-refractivity contribution in [3.8, 4) is 0 Å². The monoisotopic (exact) mass is 318 g/mol. The average Bonchev–Trinajstić information content (AvgIpc) is 2.91. The van der Waals surface area contributed by atoms with Gasteiger partial charge in [-0.25, -0.2) is 13.8 Å². The van der Waals surface area contributed by atoms with Gasteiger partial charge in [0, 0.05) is 5.56 Å². The standard InChI is InChI=1S/C16H12F2N2OS/c1-8-3-4-9(2)14-13(8)19-16(22-14)20-15(21)10-5-6-11(17)12(18)7-10/h3-7H,1-2H3,(H,19,20,21). The van der Waals surface area contributed by atoms with Crippen LogP contribution in [0, 0.1) is 25.5 Å². The highest BCUT2D eigenvalue weighted by molar-refractivity contribution is 7.22. The first-order valence-corrected chi connectivity index (χ1v) is 7.40. The molecule has 0 aliphatic rings. The number of aromatic nitrogens is 1. The summed E-state index contributed by atoms with van der Waals surface area (Å²) in [5.41, 5.74) is 2.98. The van der Waals surface area contributed by atoms with Crippen LogP contribution in [0.4, 0.5) is 13.9 Å². The molecule has 1 amide bonds. The van der Waals surface area contributed by atoms with Gasteiger partial charge in [0.1, 0.15) is 0 Å². The molecule has 112 valence electrons. The number of amides is 1. The van der Waals surface area contributed by atoms with Crippen LogP contribution in [0.3, 0.4) is 0 Å². The van der Waals surface area contributed by atoms with Crippen molar-refractivity contribution < 1.29 is 13.6 Å². The zero-order valence-corrected chi connectivity index (χ0v) is 12.7. The van der Waals surface area contributed by atoms with Gasteiger partial charge < -0.3 is 0 Å². The minimum Gasteiger partial charge on any atom is -0.298 e. The summed E-state index contributed by atoms with van der Waals surface area (Å²) in [6, 6.07) is 7.00. The molecule has 6 heteroatoms. The summed E-state index contributed by atoms with van der Waals surface area (Å²) in [7, 11) is 0. The van der Waals surface area contributed by atoms with E-state index in [2.05, 4.69) is 10.3 Å². The van der Waals surface area contributed by atoms with Crippen LogP contribution in [0.15, 0.2) is 30.3 Å². The number of hydrogen-bond acceptors (Lipinski definition) is 3. The highest BCUT2D eigenvalue weighted by atomic mass is 32.1. The van der Waals surface area contributed by atoms with E-state index in [1.54, 1.807) is 0 Å². The summed E-state index contributed by atoms with van der Waals surface area (Å²) in [6.07, 6.45) is 0.